The Morgan fingerprint density at radius 3 is 2.48 bits per heavy atom. The maximum absolute atomic E-state index is 11.0. The number of pyridine rings is 1. The number of hydrogen-bond donors (Lipinski definition) is 0. The van der Waals surface area contributed by atoms with Crippen LogP contribution in [0.2, 0.25) is 0 Å². The van der Waals surface area contributed by atoms with E-state index in [2.05, 4.69) is 11.9 Å². The maximum Gasteiger partial charge on any atom is 0.309 e. The zero-order valence-electron chi connectivity index (χ0n) is 13.7. The normalized spacial score (nSPS) is 10.5. The van der Waals surface area contributed by atoms with Crippen LogP contribution in [0.3, 0.4) is 0 Å². The molecule has 1 rings (SSSR count). The number of aromatic nitrogens is 1. The van der Waals surface area contributed by atoms with E-state index < -0.39 is 0 Å². The topological polar surface area (TPSA) is 48.4 Å². The van der Waals surface area contributed by atoms with Crippen molar-refractivity contribution in [2.75, 3.05) is 6.61 Å². The van der Waals surface area contributed by atoms with Crippen LogP contribution in [0.1, 0.15) is 63.5 Å². The molecule has 1 heterocycles. The smallest absolute Gasteiger partial charge is 0.309 e. The minimum Gasteiger partial charge on any atom is -0.493 e. The van der Waals surface area contributed by atoms with Crippen molar-refractivity contribution in [3.63, 3.8) is 0 Å². The minimum absolute atomic E-state index is 0.339. The summed E-state index contributed by atoms with van der Waals surface area (Å²) in [6.45, 7) is 8.11. The van der Waals surface area contributed by atoms with Crippen LogP contribution in [0.4, 0.5) is 0 Å². The molecule has 118 valence electrons. The molecule has 0 N–H and O–H groups in total. The van der Waals surface area contributed by atoms with Gasteiger partial charge in [-0.05, 0) is 20.3 Å². The molecule has 0 aliphatic carbocycles. The van der Waals surface area contributed by atoms with Crippen LogP contribution in [0.25, 0.3) is 0 Å². The first-order valence-electron chi connectivity index (χ1n) is 7.83. The van der Waals surface area contributed by atoms with Crippen molar-refractivity contribution in [3.05, 3.63) is 17.3 Å². The van der Waals surface area contributed by atoms with Gasteiger partial charge in [-0.2, -0.15) is 0 Å². The number of hydrogen-bond acceptors (Lipinski definition) is 4. The fraction of sp³-hybridized carbons (Fsp3) is 0.647. The molecule has 4 nitrogen and oxygen atoms in total. The lowest BCUT2D eigenvalue weighted by molar-refractivity contribution is -0.132. The first-order chi connectivity index (χ1) is 10.1. The van der Waals surface area contributed by atoms with Crippen LogP contribution in [0.5, 0.6) is 11.6 Å². The van der Waals surface area contributed by atoms with Crippen LogP contribution < -0.4 is 9.47 Å². The number of aryl methyl sites for hydroxylation is 1. The molecule has 0 bridgehead atoms. The molecule has 0 atom stereocenters. The fourth-order valence-electron chi connectivity index (χ4n) is 2.22. The third-order valence-corrected chi connectivity index (χ3v) is 3.38. The first-order valence-corrected chi connectivity index (χ1v) is 7.83. The van der Waals surface area contributed by atoms with Crippen molar-refractivity contribution in [2.45, 2.75) is 66.2 Å². The van der Waals surface area contributed by atoms with E-state index in [1.165, 1.54) is 39.0 Å². The standard InChI is InChI=1S/C17H27NO3/c1-5-6-7-8-9-10-11-20-16-13(2)12-18-17(14(16)3)21-15(4)19/h12H,5-11H2,1-4H3. The lowest BCUT2D eigenvalue weighted by Gasteiger charge is -2.14. The van der Waals surface area contributed by atoms with Gasteiger partial charge in [0.25, 0.3) is 0 Å². The maximum atomic E-state index is 11.0. The molecule has 0 aliphatic heterocycles. The van der Waals surface area contributed by atoms with Gasteiger partial charge in [-0.15, -0.1) is 0 Å². The number of rotatable bonds is 9. The molecule has 0 saturated carbocycles. The van der Waals surface area contributed by atoms with Crippen molar-refractivity contribution in [1.29, 1.82) is 0 Å². The Labute approximate surface area is 127 Å². The molecule has 1 aromatic heterocycles. The average Bonchev–Trinajstić information content (AvgIpc) is 2.44. The van der Waals surface area contributed by atoms with Crippen molar-refractivity contribution < 1.29 is 14.3 Å². The van der Waals surface area contributed by atoms with E-state index >= 15 is 0 Å². The predicted octanol–water partition coefficient (Wildman–Crippen LogP) is 4.36. The van der Waals surface area contributed by atoms with Crippen molar-refractivity contribution in [3.8, 4) is 11.6 Å². The minimum atomic E-state index is -0.365. The highest BCUT2D eigenvalue weighted by atomic mass is 16.5. The van der Waals surface area contributed by atoms with Gasteiger partial charge in [0.15, 0.2) is 0 Å². The third kappa shape index (κ3) is 6.15. The van der Waals surface area contributed by atoms with Gasteiger partial charge < -0.3 is 9.47 Å². The van der Waals surface area contributed by atoms with Crippen LogP contribution >= 0.6 is 0 Å². The van der Waals surface area contributed by atoms with Gasteiger partial charge in [-0.3, -0.25) is 4.79 Å². The van der Waals surface area contributed by atoms with Gasteiger partial charge in [0.1, 0.15) is 5.75 Å². The van der Waals surface area contributed by atoms with Gasteiger partial charge in [0.2, 0.25) is 5.88 Å². The molecule has 0 saturated heterocycles. The molecule has 0 spiro atoms. The van der Waals surface area contributed by atoms with Gasteiger partial charge in [0, 0.05) is 18.7 Å². The summed E-state index contributed by atoms with van der Waals surface area (Å²) >= 11 is 0. The lowest BCUT2D eigenvalue weighted by Crippen LogP contribution is -2.07. The van der Waals surface area contributed by atoms with Gasteiger partial charge in [-0.1, -0.05) is 39.0 Å². The van der Waals surface area contributed by atoms with Crippen LogP contribution in [-0.4, -0.2) is 17.6 Å². The van der Waals surface area contributed by atoms with E-state index in [4.69, 9.17) is 9.47 Å². The first kappa shape index (κ1) is 17.5. The number of ether oxygens (including phenoxy) is 2. The van der Waals surface area contributed by atoms with E-state index in [0.29, 0.717) is 12.5 Å². The Kier molecular flexibility index (Phi) is 7.80. The molecule has 0 amide bonds. The third-order valence-electron chi connectivity index (χ3n) is 3.38. The summed E-state index contributed by atoms with van der Waals surface area (Å²) in [5, 5.41) is 0. The second kappa shape index (κ2) is 9.37. The van der Waals surface area contributed by atoms with E-state index in [1.807, 2.05) is 13.8 Å². The van der Waals surface area contributed by atoms with E-state index in [9.17, 15) is 4.79 Å². The molecule has 0 aromatic carbocycles. The van der Waals surface area contributed by atoms with Crippen LogP contribution in [-0.2, 0) is 4.79 Å². The zero-order chi connectivity index (χ0) is 15.7. The zero-order valence-corrected chi connectivity index (χ0v) is 13.7. The highest BCUT2D eigenvalue weighted by Crippen LogP contribution is 2.29. The monoisotopic (exact) mass is 293 g/mol. The molecule has 1 aromatic rings. The molecular formula is C17H27NO3. The molecule has 0 radical (unpaired) electrons. The number of unbranched alkanes of at least 4 members (excludes halogenated alkanes) is 5. The quantitative estimate of drug-likeness (QED) is 0.501. The summed E-state index contributed by atoms with van der Waals surface area (Å²) in [6.07, 6.45) is 9.08. The summed E-state index contributed by atoms with van der Waals surface area (Å²) in [4.78, 5) is 15.2. The van der Waals surface area contributed by atoms with Gasteiger partial charge in [-0.25, -0.2) is 4.98 Å². The molecule has 0 fully saturated rings. The Hall–Kier alpha value is -1.58. The molecule has 0 unspecified atom stereocenters. The lowest BCUT2D eigenvalue weighted by atomic mass is 10.1. The van der Waals surface area contributed by atoms with Crippen molar-refractivity contribution >= 4 is 5.97 Å². The van der Waals surface area contributed by atoms with E-state index in [1.54, 1.807) is 6.20 Å². The Balaban J connectivity index is 2.48. The molecular weight excluding hydrogens is 266 g/mol. The number of nitrogens with zero attached hydrogens (tertiary/aromatic N) is 1. The molecule has 4 heteroatoms. The van der Waals surface area contributed by atoms with Crippen LogP contribution in [0.15, 0.2) is 6.20 Å². The summed E-state index contributed by atoms with van der Waals surface area (Å²) < 4.78 is 10.9. The molecule has 0 aliphatic rings. The Morgan fingerprint density at radius 1 is 1.14 bits per heavy atom. The highest BCUT2D eigenvalue weighted by Gasteiger charge is 2.12. The summed E-state index contributed by atoms with van der Waals surface area (Å²) in [6, 6.07) is 0. The number of carbonyl (C=O) groups excluding carboxylic acids is 1. The fourth-order valence-corrected chi connectivity index (χ4v) is 2.22. The summed E-state index contributed by atoms with van der Waals surface area (Å²) in [5.74, 6) is 0.761. The second-order valence-corrected chi connectivity index (χ2v) is 5.41. The molecule has 21 heavy (non-hydrogen) atoms. The van der Waals surface area contributed by atoms with Crippen molar-refractivity contribution in [1.82, 2.24) is 4.98 Å². The largest absolute Gasteiger partial charge is 0.493 e. The van der Waals surface area contributed by atoms with Gasteiger partial charge in [0.05, 0.1) is 12.2 Å². The van der Waals surface area contributed by atoms with Crippen LogP contribution in [0, 0.1) is 13.8 Å². The second-order valence-electron chi connectivity index (χ2n) is 5.41. The summed E-state index contributed by atoms with van der Waals surface area (Å²) in [7, 11) is 0. The number of carbonyl (C=O) groups is 1. The van der Waals surface area contributed by atoms with E-state index in [-0.39, 0.29) is 5.97 Å². The summed E-state index contributed by atoms with van der Waals surface area (Å²) in [5.41, 5.74) is 1.76. The highest BCUT2D eigenvalue weighted by molar-refractivity contribution is 5.69. The average molecular weight is 293 g/mol. The van der Waals surface area contributed by atoms with Gasteiger partial charge >= 0.3 is 5.97 Å². The van der Waals surface area contributed by atoms with Crippen molar-refractivity contribution in [2.24, 2.45) is 0 Å². The van der Waals surface area contributed by atoms with E-state index in [0.717, 1.165) is 23.3 Å². The predicted molar refractivity (Wildman–Crippen MR) is 83.9 cm³/mol. The Morgan fingerprint density at radius 2 is 1.81 bits per heavy atom. The number of esters is 1. The SMILES string of the molecule is CCCCCCCCOc1c(C)cnc(OC(C)=O)c1C. The Bertz CT molecular complexity index is 458.